The molecule has 0 heterocycles. The lowest BCUT2D eigenvalue weighted by atomic mass is 9.83. The third-order valence-corrected chi connectivity index (χ3v) is 2.25. The van der Waals surface area contributed by atoms with Crippen LogP contribution in [0.25, 0.3) is 0 Å². The monoisotopic (exact) mass is 186 g/mol. The van der Waals surface area contributed by atoms with Crippen molar-refractivity contribution in [2.45, 2.75) is 45.8 Å². The summed E-state index contributed by atoms with van der Waals surface area (Å²) in [6, 6.07) is 0. The predicted molar refractivity (Wildman–Crippen MR) is 54.2 cm³/mol. The van der Waals surface area contributed by atoms with Crippen molar-refractivity contribution in [1.29, 1.82) is 0 Å². The Labute approximate surface area is 80.6 Å². The van der Waals surface area contributed by atoms with E-state index in [1.807, 2.05) is 0 Å². The molecule has 0 aromatic heterocycles. The highest BCUT2D eigenvalue weighted by Crippen LogP contribution is 2.25. The molecule has 0 saturated heterocycles. The molecule has 0 bridgehead atoms. The van der Waals surface area contributed by atoms with E-state index >= 15 is 0 Å². The maximum atomic E-state index is 9.70. The topological polar surface area (TPSA) is 49.7 Å². The zero-order valence-electron chi connectivity index (χ0n) is 9.03. The maximum Gasteiger partial charge on any atom is 0.483 e. The fourth-order valence-corrected chi connectivity index (χ4v) is 0.650. The van der Waals surface area contributed by atoms with E-state index in [1.54, 1.807) is 40.7 Å². The van der Waals surface area contributed by atoms with Crippen LogP contribution < -0.4 is 0 Å². The lowest BCUT2D eigenvalue weighted by molar-refractivity contribution is -0.0984. The average Bonchev–Trinajstić information content (AvgIpc) is 1.83. The van der Waals surface area contributed by atoms with Crippen LogP contribution in [-0.4, -0.2) is 28.5 Å². The van der Waals surface area contributed by atoms with Gasteiger partial charge in [-0.05, 0) is 34.6 Å². The molecular weight excluding hydrogens is 167 g/mol. The van der Waals surface area contributed by atoms with Gasteiger partial charge < -0.3 is 14.8 Å². The van der Waals surface area contributed by atoms with E-state index in [4.69, 9.17) is 4.65 Å². The van der Waals surface area contributed by atoms with E-state index < -0.39 is 18.3 Å². The van der Waals surface area contributed by atoms with Crippen LogP contribution in [0.4, 0.5) is 0 Å². The smallest absolute Gasteiger partial charge is 0.423 e. The largest absolute Gasteiger partial charge is 0.483 e. The Hall–Kier alpha value is -0.315. The summed E-state index contributed by atoms with van der Waals surface area (Å²) in [5.74, 6) is 1.52. The molecule has 0 rings (SSSR count). The van der Waals surface area contributed by atoms with Crippen molar-refractivity contribution >= 4 is 7.12 Å². The Bertz CT molecular complexity index is 182. The molecule has 0 atom stereocenters. The van der Waals surface area contributed by atoms with Crippen LogP contribution in [0.3, 0.4) is 0 Å². The molecule has 3 nitrogen and oxygen atoms in total. The minimum Gasteiger partial charge on any atom is -0.423 e. The van der Waals surface area contributed by atoms with Gasteiger partial charge in [0.15, 0.2) is 0 Å². The zero-order valence-corrected chi connectivity index (χ0v) is 9.03. The van der Waals surface area contributed by atoms with Gasteiger partial charge in [-0.25, -0.2) is 0 Å². The van der Waals surface area contributed by atoms with E-state index in [0.717, 1.165) is 0 Å². The molecule has 0 amide bonds. The molecule has 0 aliphatic rings. The molecule has 76 valence electrons. The zero-order chi connectivity index (χ0) is 10.7. The molecule has 0 fully saturated rings. The summed E-state index contributed by atoms with van der Waals surface area (Å²) in [6.45, 7) is 8.56. The quantitative estimate of drug-likeness (QED) is 0.647. The van der Waals surface area contributed by atoms with Crippen LogP contribution in [0.5, 0.6) is 0 Å². The molecule has 0 spiro atoms. The molecule has 0 aromatic carbocycles. The average molecular weight is 186 g/mol. The van der Waals surface area contributed by atoms with E-state index in [2.05, 4.69) is 0 Å². The number of hydrogen-bond donors (Lipinski definition) is 2. The molecule has 0 saturated carbocycles. The second-order valence-electron chi connectivity index (χ2n) is 4.10. The van der Waals surface area contributed by atoms with Gasteiger partial charge in [0.2, 0.25) is 0 Å². The summed E-state index contributed by atoms with van der Waals surface area (Å²) < 4.78 is 5.26. The normalized spacial score (nSPS) is 13.8. The molecule has 0 aliphatic carbocycles. The Morgan fingerprint density at radius 2 is 1.69 bits per heavy atom. The second kappa shape index (κ2) is 4.27. The Morgan fingerprint density at radius 3 is 2.00 bits per heavy atom. The molecule has 2 N–H and O–H groups in total. The van der Waals surface area contributed by atoms with Crippen molar-refractivity contribution in [2.75, 3.05) is 0 Å². The van der Waals surface area contributed by atoms with E-state index in [-0.39, 0.29) is 0 Å². The highest BCUT2D eigenvalue weighted by atomic mass is 16.5. The standard InChI is InChI=1S/C9H19BO3/c1-6-7-10(12)13-9(4,5)8(2,3)11/h6-7,11-12H,1-5H3. The fraction of sp³-hybridized carbons (Fsp3) is 0.778. The lowest BCUT2D eigenvalue weighted by Crippen LogP contribution is -2.50. The Kier molecular flexibility index (Phi) is 4.16. The van der Waals surface area contributed by atoms with Gasteiger partial charge in [0.25, 0.3) is 0 Å². The van der Waals surface area contributed by atoms with Gasteiger partial charge in [0.05, 0.1) is 11.2 Å². The summed E-state index contributed by atoms with van der Waals surface area (Å²) in [6.07, 6.45) is 1.70. The van der Waals surface area contributed by atoms with Crippen molar-refractivity contribution in [3.63, 3.8) is 0 Å². The van der Waals surface area contributed by atoms with Gasteiger partial charge in [0, 0.05) is 0 Å². The summed E-state index contributed by atoms with van der Waals surface area (Å²) >= 11 is 0. The van der Waals surface area contributed by atoms with Gasteiger partial charge in [-0.2, -0.15) is 0 Å². The van der Waals surface area contributed by atoms with Gasteiger partial charge >= 0.3 is 7.12 Å². The number of aliphatic hydroxyl groups is 1. The van der Waals surface area contributed by atoms with E-state index in [9.17, 15) is 10.1 Å². The Morgan fingerprint density at radius 1 is 1.23 bits per heavy atom. The predicted octanol–water partition coefficient (Wildman–Crippen LogP) is 1.15. The van der Waals surface area contributed by atoms with Crippen molar-refractivity contribution in [2.24, 2.45) is 0 Å². The first-order valence-electron chi connectivity index (χ1n) is 4.42. The first-order chi connectivity index (χ1) is 5.70. The molecule has 13 heavy (non-hydrogen) atoms. The molecule has 0 aromatic rings. The fourth-order valence-electron chi connectivity index (χ4n) is 0.650. The first kappa shape index (κ1) is 12.7. The highest BCUT2D eigenvalue weighted by molar-refractivity contribution is 6.49. The van der Waals surface area contributed by atoms with Crippen LogP contribution in [-0.2, 0) is 4.65 Å². The van der Waals surface area contributed by atoms with Gasteiger partial charge in [0.1, 0.15) is 0 Å². The molecular formula is C9H19BO3. The van der Waals surface area contributed by atoms with E-state index in [0.29, 0.717) is 0 Å². The number of hydrogen-bond acceptors (Lipinski definition) is 3. The van der Waals surface area contributed by atoms with Crippen LogP contribution in [0, 0.1) is 0 Å². The third kappa shape index (κ3) is 3.94. The second-order valence-corrected chi connectivity index (χ2v) is 4.10. The van der Waals surface area contributed by atoms with Crippen molar-refractivity contribution in [3.05, 3.63) is 12.1 Å². The SMILES string of the molecule is CC=CB(O)OC(C)(C)C(C)(C)O. The molecule has 0 radical (unpaired) electrons. The van der Waals surface area contributed by atoms with Crippen molar-refractivity contribution in [3.8, 4) is 0 Å². The highest BCUT2D eigenvalue weighted by Gasteiger charge is 2.38. The third-order valence-electron chi connectivity index (χ3n) is 2.25. The van der Waals surface area contributed by atoms with Crippen molar-refractivity contribution in [1.82, 2.24) is 0 Å². The van der Waals surface area contributed by atoms with Crippen LogP contribution >= 0.6 is 0 Å². The first-order valence-corrected chi connectivity index (χ1v) is 4.42. The molecule has 0 unspecified atom stereocenters. The van der Waals surface area contributed by atoms with Gasteiger partial charge in [-0.3, -0.25) is 0 Å². The van der Waals surface area contributed by atoms with Crippen LogP contribution in [0.1, 0.15) is 34.6 Å². The summed E-state index contributed by atoms with van der Waals surface area (Å²) in [7, 11) is -0.966. The van der Waals surface area contributed by atoms with Gasteiger partial charge in [-0.15, -0.1) is 0 Å². The van der Waals surface area contributed by atoms with Crippen LogP contribution in [0.15, 0.2) is 12.1 Å². The number of rotatable bonds is 4. The number of allylic oxidation sites excluding steroid dienone is 1. The molecule has 4 heteroatoms. The molecule has 0 aliphatic heterocycles. The lowest BCUT2D eigenvalue weighted by Gasteiger charge is -2.38. The maximum absolute atomic E-state index is 9.70. The summed E-state index contributed by atoms with van der Waals surface area (Å²) in [4.78, 5) is 0. The summed E-state index contributed by atoms with van der Waals surface area (Å²) in [5, 5.41) is 19.0. The van der Waals surface area contributed by atoms with Crippen molar-refractivity contribution < 1.29 is 14.8 Å². The van der Waals surface area contributed by atoms with Gasteiger partial charge in [-0.1, -0.05) is 12.1 Å². The minimum absolute atomic E-state index is 0.786. The minimum atomic E-state index is -0.991. The Balaban J connectivity index is 4.33. The van der Waals surface area contributed by atoms with Crippen LogP contribution in [0.2, 0.25) is 0 Å². The summed E-state index contributed by atoms with van der Waals surface area (Å²) in [5.41, 5.74) is -1.78. The van der Waals surface area contributed by atoms with E-state index in [1.165, 1.54) is 5.98 Å².